The van der Waals surface area contributed by atoms with Crippen LogP contribution in [0.4, 0.5) is 0 Å². The summed E-state index contributed by atoms with van der Waals surface area (Å²) in [6.45, 7) is 3.24. The first-order valence-corrected chi connectivity index (χ1v) is 42.6. The molecule has 27 N–H and O–H groups in total. The number of nitrogens with two attached hydrogens (primary N) is 2. The number of carboxylic acid groups (broad SMARTS) is 5. The molecule has 0 saturated carbocycles. The van der Waals surface area contributed by atoms with Crippen LogP contribution < -0.4 is 91.2 Å². The molecule has 4 heterocycles. The summed E-state index contributed by atoms with van der Waals surface area (Å²) in [6, 6.07) is -20.1. The van der Waals surface area contributed by atoms with E-state index >= 15 is 0 Å². The topological polar surface area (TPSA) is 814 Å². The molecule has 52 nitrogen and oxygen atoms in total. The molecule has 1 aromatic rings. The Kier molecular flexibility index (Phi) is 43.6. The van der Waals surface area contributed by atoms with Gasteiger partial charge in [-0.2, -0.15) is 0 Å². The van der Waals surface area contributed by atoms with Gasteiger partial charge in [0.1, 0.15) is 96.7 Å². The summed E-state index contributed by atoms with van der Waals surface area (Å²) in [4.78, 5) is 321. The number of carboxylic acids is 5. The number of aliphatic hydroxyl groups is 3. The van der Waals surface area contributed by atoms with Crippen molar-refractivity contribution in [2.45, 2.75) is 265 Å². The highest BCUT2D eigenvalue weighted by Crippen LogP contribution is 2.25. The number of nitrogens with one attached hydrogen (secondary N) is 15. The summed E-state index contributed by atoms with van der Waals surface area (Å²) >= 11 is 0. The number of primary amides is 2. The molecule has 0 unspecified atom stereocenters. The van der Waals surface area contributed by atoms with Gasteiger partial charge in [-0.15, -0.1) is 0 Å². The molecular weight excluding hydrogens is 1750 g/mol. The number of rotatable bonds is 54. The quantitative estimate of drug-likeness (QED) is 0.0288. The Morgan fingerprint density at radius 2 is 0.826 bits per heavy atom. The van der Waals surface area contributed by atoms with Crippen LogP contribution in [0.3, 0.4) is 0 Å². The van der Waals surface area contributed by atoms with Crippen LogP contribution >= 0.6 is 0 Å². The molecule has 730 valence electrons. The van der Waals surface area contributed by atoms with Crippen molar-refractivity contribution in [3.63, 3.8) is 0 Å². The minimum Gasteiger partial charge on any atom is -0.481 e. The van der Waals surface area contributed by atoms with Gasteiger partial charge >= 0.3 is 29.8 Å². The number of hydrogen-bond donors (Lipinski definition) is 25. The molecule has 1 aromatic carbocycles. The molecule has 0 bridgehead atoms. The van der Waals surface area contributed by atoms with Crippen LogP contribution in [0.2, 0.25) is 0 Å². The van der Waals surface area contributed by atoms with Gasteiger partial charge in [0.15, 0.2) is 0 Å². The van der Waals surface area contributed by atoms with Crippen LogP contribution in [0, 0.1) is 5.92 Å². The van der Waals surface area contributed by atoms with Crippen molar-refractivity contribution >= 4 is 142 Å². The molecule has 4 aliphatic heterocycles. The predicted octanol–water partition coefficient (Wildman–Crippen LogP) is -11.3. The van der Waals surface area contributed by atoms with Gasteiger partial charge in [0.2, 0.25) is 112 Å². The summed E-state index contributed by atoms with van der Waals surface area (Å²) in [6.07, 6.45) is -7.21. The molecule has 19 amide bonds. The summed E-state index contributed by atoms with van der Waals surface area (Å²) in [7, 11) is 0. The second kappa shape index (κ2) is 52.9. The van der Waals surface area contributed by atoms with E-state index in [4.69, 9.17) is 16.6 Å². The third-order valence-corrected chi connectivity index (χ3v) is 21.6. The standard InChI is InChI=1S/C80H118N20O32/c1-37(2)29-46(68(119)89-44(19-22-56(81)104)78(129)99-27-12-18-55(99)74(125)90-45(80(131)132)21-24-60(109)110)94-75(126)54-17-10-26-98(54)77(128)39(4)86-76(127)63(40(5)103)97-70(121)48(31-57(82)105)92-71(122)51(35-101)95-64(115)38(3)85-73(124)53-16-11-28-100(53)79(130)50(33-62(113)114)87-58(106)34-84-65(116)49(32-61(111)112)93-69(120)47(30-41-13-7-6-8-14-41)91-72(123)52(36-102)96-67(118)43(20-23-59(107)108)88-66(117)42-15-9-25-83-42/h6-8,13-14,37-40,42-55,63,83,101-103H,9-12,15-36H2,1-5H3,(H2,81,104)(H2,82,105)(H,84,116)(H,85,124)(H,86,127)(H,87,106)(H,88,117)(H,89,119)(H,90,125)(H,91,123)(H,92,122)(H,93,120)(H,94,126)(H,95,115)(H,96,118)(H,97,121)(H,107,108)(H,109,110)(H,111,112)(H,113,114)(H,131,132)/t38-,39-,40+,42-,43-,44-,45-,46-,47-,48-,49-,50-,51-,52-,53-,54-,55-,63-/m0/s1. The molecule has 4 fully saturated rings. The van der Waals surface area contributed by atoms with E-state index in [1.54, 1.807) is 32.0 Å². The first kappa shape index (κ1) is 109. The third kappa shape index (κ3) is 34.7. The molecule has 4 aliphatic rings. The van der Waals surface area contributed by atoms with Crippen LogP contribution in [0.25, 0.3) is 0 Å². The summed E-state index contributed by atoms with van der Waals surface area (Å²) in [5.41, 5.74) is 11.2. The number of benzene rings is 1. The number of aliphatic hydroxyl groups excluding tert-OH is 3. The molecule has 4 saturated heterocycles. The smallest absolute Gasteiger partial charge is 0.326 e. The average molecular weight is 1870 g/mol. The number of aliphatic carboxylic acids is 5. The molecule has 132 heavy (non-hydrogen) atoms. The van der Waals surface area contributed by atoms with Crippen molar-refractivity contribution in [1.82, 2.24) is 94.5 Å². The Balaban J connectivity index is 1.18. The fraction of sp³-hybridized carbons (Fsp3) is 0.625. The van der Waals surface area contributed by atoms with Crippen molar-refractivity contribution in [2.75, 3.05) is 45.9 Å². The van der Waals surface area contributed by atoms with E-state index in [1.807, 2.05) is 0 Å². The third-order valence-electron chi connectivity index (χ3n) is 21.6. The van der Waals surface area contributed by atoms with Crippen molar-refractivity contribution < 1.29 is 156 Å². The molecule has 0 radical (unpaired) electrons. The fourth-order valence-electron chi connectivity index (χ4n) is 14.8. The van der Waals surface area contributed by atoms with E-state index in [9.17, 15) is 151 Å². The van der Waals surface area contributed by atoms with Gasteiger partial charge in [0.25, 0.3) is 0 Å². The van der Waals surface area contributed by atoms with E-state index in [2.05, 4.69) is 79.8 Å². The van der Waals surface area contributed by atoms with Crippen LogP contribution in [0.15, 0.2) is 30.3 Å². The van der Waals surface area contributed by atoms with Crippen LogP contribution in [0.5, 0.6) is 0 Å². The number of carbonyl (C=O) groups is 24. The normalized spacial score (nSPS) is 18.9. The summed E-state index contributed by atoms with van der Waals surface area (Å²) in [5.74, 6) is -28.9. The van der Waals surface area contributed by atoms with Gasteiger partial charge < -0.3 is 147 Å². The zero-order valence-electron chi connectivity index (χ0n) is 73.1. The maximum absolute atomic E-state index is 14.2. The monoisotopic (exact) mass is 1870 g/mol. The molecule has 0 spiro atoms. The van der Waals surface area contributed by atoms with E-state index in [0.717, 1.165) is 28.5 Å². The van der Waals surface area contributed by atoms with E-state index in [-0.39, 0.29) is 76.9 Å². The van der Waals surface area contributed by atoms with Gasteiger partial charge in [0, 0.05) is 45.3 Å². The van der Waals surface area contributed by atoms with Crippen molar-refractivity contribution in [3.05, 3.63) is 35.9 Å². The average Bonchev–Trinajstić information content (AvgIpc) is 1.65. The zero-order chi connectivity index (χ0) is 98.7. The van der Waals surface area contributed by atoms with Gasteiger partial charge in [-0.3, -0.25) is 110 Å². The van der Waals surface area contributed by atoms with Crippen LogP contribution in [-0.4, -0.2) is 352 Å². The summed E-state index contributed by atoms with van der Waals surface area (Å²) in [5, 5.41) is 114. The van der Waals surface area contributed by atoms with Gasteiger partial charge in [-0.25, -0.2) is 4.79 Å². The molecule has 18 atom stereocenters. The van der Waals surface area contributed by atoms with Gasteiger partial charge in [0.05, 0.1) is 51.2 Å². The molecular formula is C80H118N20O32. The maximum Gasteiger partial charge on any atom is 0.326 e. The Morgan fingerprint density at radius 1 is 0.394 bits per heavy atom. The number of amides is 19. The lowest BCUT2D eigenvalue weighted by atomic mass is 10.0. The Bertz CT molecular complexity index is 4400. The van der Waals surface area contributed by atoms with E-state index in [1.165, 1.54) is 19.1 Å². The summed E-state index contributed by atoms with van der Waals surface area (Å²) < 4.78 is 0. The first-order chi connectivity index (χ1) is 62.1. The fourth-order valence-corrected chi connectivity index (χ4v) is 14.8. The number of hydrogen-bond acceptors (Lipinski definition) is 28. The second-order valence-corrected chi connectivity index (χ2v) is 32.6. The number of nitrogens with zero attached hydrogens (tertiary/aromatic N) is 3. The highest BCUT2D eigenvalue weighted by Gasteiger charge is 2.46. The largest absolute Gasteiger partial charge is 0.481 e. The molecule has 52 heteroatoms. The minimum absolute atomic E-state index is 0.0120. The van der Waals surface area contributed by atoms with Crippen molar-refractivity contribution in [2.24, 2.45) is 17.4 Å². The van der Waals surface area contributed by atoms with Crippen LogP contribution in [-0.2, 0) is 121 Å². The van der Waals surface area contributed by atoms with Crippen molar-refractivity contribution in [1.29, 1.82) is 0 Å². The Hall–Kier alpha value is -13.7. The van der Waals surface area contributed by atoms with E-state index < -0.39 is 328 Å². The number of carbonyl (C=O) groups excluding carboxylic acids is 19. The molecule has 5 rings (SSSR count). The Morgan fingerprint density at radius 3 is 1.31 bits per heavy atom. The SMILES string of the molecule is CC(C)C[C@H](NC(=O)[C@@H]1CCCN1C(=O)[C@H](C)NC(=O)[C@@H](NC(=O)[C@H](CC(N)=O)NC(=O)[C@H](CO)NC(=O)[C@H](C)NC(=O)[C@@H]1CCCN1C(=O)[C@H](CC(=O)O)NC(=O)CNC(=O)[C@H](CC(=O)O)NC(=O)[C@H](Cc1ccccc1)NC(=O)[C@H](CO)NC(=O)[C@H](CCC(=O)O)NC(=O)[C@@H]1CCCN1)[C@@H](C)O)C(=O)N[C@@H](CCC(N)=O)C(=O)N1CCC[C@H]1C(=O)N[C@@H](CCC(=O)O)C(=O)O. The number of likely N-dealkylation sites (tertiary alicyclic amines) is 3. The Labute approximate surface area is 754 Å². The van der Waals surface area contributed by atoms with Gasteiger partial charge in [-0.05, 0) is 116 Å². The highest BCUT2D eigenvalue weighted by molar-refractivity contribution is 6.03. The second-order valence-electron chi connectivity index (χ2n) is 32.6. The molecule has 0 aliphatic carbocycles. The lowest BCUT2D eigenvalue weighted by Crippen LogP contribution is -2.62. The first-order valence-electron chi connectivity index (χ1n) is 42.6. The minimum atomic E-state index is -2.06. The molecule has 0 aromatic heterocycles. The van der Waals surface area contributed by atoms with Gasteiger partial charge in [-0.1, -0.05) is 44.2 Å². The lowest BCUT2D eigenvalue weighted by Gasteiger charge is -2.31. The van der Waals surface area contributed by atoms with E-state index in [0.29, 0.717) is 24.9 Å². The maximum atomic E-state index is 14.2. The van der Waals surface area contributed by atoms with Crippen molar-refractivity contribution in [3.8, 4) is 0 Å². The lowest BCUT2D eigenvalue weighted by molar-refractivity contribution is -0.146. The van der Waals surface area contributed by atoms with Crippen LogP contribution in [0.1, 0.15) is 156 Å². The highest BCUT2D eigenvalue weighted by atomic mass is 16.4. The predicted molar refractivity (Wildman–Crippen MR) is 448 cm³/mol. The zero-order valence-corrected chi connectivity index (χ0v) is 73.1.